The van der Waals surface area contributed by atoms with E-state index < -0.39 is 29.1 Å². The Morgan fingerprint density at radius 2 is 1.90 bits per heavy atom. The number of urea groups is 1. The van der Waals surface area contributed by atoms with Crippen LogP contribution in [0.1, 0.15) is 52.6 Å². The van der Waals surface area contributed by atoms with Gasteiger partial charge in [-0.1, -0.05) is 20.8 Å². The fourth-order valence-corrected chi connectivity index (χ4v) is 3.22. The predicted octanol–water partition coefficient (Wildman–Crippen LogP) is 3.61. The molecule has 0 saturated carbocycles. The molecule has 10 heteroatoms. The van der Waals surface area contributed by atoms with Crippen molar-refractivity contribution in [1.29, 1.82) is 0 Å². The zero-order valence-electron chi connectivity index (χ0n) is 18.6. The van der Waals surface area contributed by atoms with Gasteiger partial charge < -0.3 is 24.8 Å². The molecule has 1 aliphatic rings. The van der Waals surface area contributed by atoms with Crippen LogP contribution in [-0.4, -0.2) is 36.7 Å². The number of methoxy groups -OCH3 is 1. The van der Waals surface area contributed by atoms with Crippen molar-refractivity contribution in [1.82, 2.24) is 10.6 Å². The van der Waals surface area contributed by atoms with Crippen LogP contribution in [0.5, 0.6) is 11.5 Å². The van der Waals surface area contributed by atoms with Gasteiger partial charge in [0.1, 0.15) is 0 Å². The number of carbonyl (C=O) groups is 2. The van der Waals surface area contributed by atoms with Crippen LogP contribution in [0, 0.1) is 16.0 Å². The Hall–Kier alpha value is -3.30. The molecule has 2 amide bonds. The molecule has 1 heterocycles. The van der Waals surface area contributed by atoms with E-state index in [0.717, 1.165) is 0 Å². The molecule has 1 aliphatic heterocycles. The summed E-state index contributed by atoms with van der Waals surface area (Å²) in [4.78, 5) is 36.6. The van der Waals surface area contributed by atoms with Gasteiger partial charge in [-0.3, -0.25) is 10.1 Å². The molecule has 31 heavy (non-hydrogen) atoms. The Labute approximate surface area is 181 Å². The second-order valence-corrected chi connectivity index (χ2v) is 7.64. The molecule has 0 saturated heterocycles. The molecule has 1 unspecified atom stereocenters. The standard InChI is InChI=1S/C21H29N3O7/c1-7-8-30-16-9-13(14(24(27)28)10-15(16)29-6)19-17(20(25)31-12(4)5)18(11(2)3)22-21(26)23-19/h9-12,19H,7-8H2,1-6H3,(H2,22,23,26). The topological polar surface area (TPSA) is 129 Å². The molecular formula is C21H29N3O7. The van der Waals surface area contributed by atoms with Gasteiger partial charge in [0.15, 0.2) is 11.5 Å². The number of allylic oxidation sites excluding steroid dienone is 1. The van der Waals surface area contributed by atoms with Crippen LogP contribution in [0.4, 0.5) is 10.5 Å². The van der Waals surface area contributed by atoms with Crippen molar-refractivity contribution in [3.05, 3.63) is 39.1 Å². The van der Waals surface area contributed by atoms with E-state index in [4.69, 9.17) is 14.2 Å². The maximum atomic E-state index is 13.0. The van der Waals surface area contributed by atoms with E-state index in [2.05, 4.69) is 10.6 Å². The summed E-state index contributed by atoms with van der Waals surface area (Å²) in [7, 11) is 1.38. The third-order valence-electron chi connectivity index (χ3n) is 4.52. The van der Waals surface area contributed by atoms with Crippen LogP contribution >= 0.6 is 0 Å². The van der Waals surface area contributed by atoms with Crippen LogP contribution in [0.2, 0.25) is 0 Å². The number of rotatable bonds is 9. The number of benzene rings is 1. The van der Waals surface area contributed by atoms with Gasteiger partial charge >= 0.3 is 12.0 Å². The minimum atomic E-state index is -1.10. The van der Waals surface area contributed by atoms with Crippen LogP contribution in [-0.2, 0) is 9.53 Å². The van der Waals surface area contributed by atoms with Crippen LogP contribution in [0.25, 0.3) is 0 Å². The number of nitro groups is 1. The molecule has 10 nitrogen and oxygen atoms in total. The lowest BCUT2D eigenvalue weighted by molar-refractivity contribution is -0.385. The summed E-state index contributed by atoms with van der Waals surface area (Å²) in [6.07, 6.45) is 0.295. The highest BCUT2D eigenvalue weighted by Crippen LogP contribution is 2.41. The van der Waals surface area contributed by atoms with Crippen molar-refractivity contribution >= 4 is 17.7 Å². The van der Waals surface area contributed by atoms with Crippen LogP contribution < -0.4 is 20.1 Å². The van der Waals surface area contributed by atoms with Gasteiger partial charge in [0.2, 0.25) is 0 Å². The zero-order chi connectivity index (χ0) is 23.3. The van der Waals surface area contributed by atoms with Crippen molar-refractivity contribution in [2.75, 3.05) is 13.7 Å². The number of amides is 2. The molecule has 0 bridgehead atoms. The Morgan fingerprint density at radius 1 is 1.23 bits per heavy atom. The summed E-state index contributed by atoms with van der Waals surface area (Å²) in [6, 6.07) is 0.988. The molecule has 1 atom stereocenters. The smallest absolute Gasteiger partial charge is 0.338 e. The minimum absolute atomic E-state index is 0.0978. The summed E-state index contributed by atoms with van der Waals surface area (Å²) >= 11 is 0. The Balaban J connectivity index is 2.76. The molecule has 1 aromatic rings. The van der Waals surface area contributed by atoms with E-state index in [1.807, 2.05) is 6.92 Å². The largest absolute Gasteiger partial charge is 0.493 e. The first kappa shape index (κ1) is 24.0. The lowest BCUT2D eigenvalue weighted by atomic mass is 9.90. The summed E-state index contributed by atoms with van der Waals surface area (Å²) in [5, 5.41) is 17.1. The van der Waals surface area contributed by atoms with Crippen molar-refractivity contribution in [3.8, 4) is 11.5 Å². The third-order valence-corrected chi connectivity index (χ3v) is 4.52. The van der Waals surface area contributed by atoms with Gasteiger partial charge in [0.25, 0.3) is 5.69 Å². The van der Waals surface area contributed by atoms with E-state index in [1.54, 1.807) is 27.7 Å². The highest BCUT2D eigenvalue weighted by molar-refractivity contribution is 5.95. The monoisotopic (exact) mass is 435 g/mol. The molecular weight excluding hydrogens is 406 g/mol. The quantitative estimate of drug-likeness (QED) is 0.344. The number of nitrogens with zero attached hydrogens (tertiary/aromatic N) is 1. The SMILES string of the molecule is CCCOc1cc(C2NC(=O)NC(C(C)C)=C2C(=O)OC(C)C)c([N+](=O)[O-])cc1OC. The average Bonchev–Trinajstić information content (AvgIpc) is 2.69. The van der Waals surface area contributed by atoms with Gasteiger partial charge in [-0.25, -0.2) is 9.59 Å². The Kier molecular flexibility index (Phi) is 7.84. The number of hydrogen-bond donors (Lipinski definition) is 2. The molecule has 0 aliphatic carbocycles. The number of hydrogen-bond acceptors (Lipinski definition) is 7. The second-order valence-electron chi connectivity index (χ2n) is 7.64. The third kappa shape index (κ3) is 5.44. The number of ether oxygens (including phenoxy) is 3. The molecule has 1 aromatic carbocycles. The van der Waals surface area contributed by atoms with E-state index in [0.29, 0.717) is 18.7 Å². The Morgan fingerprint density at radius 3 is 2.42 bits per heavy atom. The first-order valence-corrected chi connectivity index (χ1v) is 10.1. The van der Waals surface area contributed by atoms with E-state index in [9.17, 15) is 19.7 Å². The van der Waals surface area contributed by atoms with Crippen molar-refractivity contribution < 1.29 is 28.7 Å². The van der Waals surface area contributed by atoms with Gasteiger partial charge in [-0.05, 0) is 32.3 Å². The highest BCUT2D eigenvalue weighted by atomic mass is 16.6. The normalized spacial score (nSPS) is 16.1. The molecule has 0 aromatic heterocycles. The number of nitrogens with one attached hydrogen (secondary N) is 2. The van der Waals surface area contributed by atoms with Gasteiger partial charge in [0.05, 0.1) is 48.0 Å². The molecule has 0 radical (unpaired) electrons. The van der Waals surface area contributed by atoms with Crippen molar-refractivity contribution in [2.24, 2.45) is 5.92 Å². The Bertz CT molecular complexity index is 893. The van der Waals surface area contributed by atoms with Crippen LogP contribution in [0.15, 0.2) is 23.4 Å². The maximum absolute atomic E-state index is 13.0. The molecule has 170 valence electrons. The fraction of sp³-hybridized carbons (Fsp3) is 0.524. The zero-order valence-corrected chi connectivity index (χ0v) is 18.6. The van der Waals surface area contributed by atoms with Gasteiger partial charge in [0, 0.05) is 5.70 Å². The predicted molar refractivity (Wildman–Crippen MR) is 113 cm³/mol. The number of esters is 1. The fourth-order valence-electron chi connectivity index (χ4n) is 3.22. The summed E-state index contributed by atoms with van der Waals surface area (Å²) in [5.74, 6) is -0.447. The van der Waals surface area contributed by atoms with E-state index >= 15 is 0 Å². The number of nitro benzene ring substituents is 1. The highest BCUT2D eigenvalue weighted by Gasteiger charge is 2.39. The average molecular weight is 435 g/mol. The maximum Gasteiger partial charge on any atom is 0.338 e. The summed E-state index contributed by atoms with van der Waals surface area (Å²) in [5.41, 5.74) is 0.241. The molecule has 0 fully saturated rings. The van der Waals surface area contributed by atoms with E-state index in [-0.39, 0.29) is 34.2 Å². The first-order chi connectivity index (χ1) is 14.6. The first-order valence-electron chi connectivity index (χ1n) is 10.1. The molecule has 2 N–H and O–H groups in total. The lowest BCUT2D eigenvalue weighted by Gasteiger charge is -2.31. The lowest BCUT2D eigenvalue weighted by Crippen LogP contribution is -2.47. The van der Waals surface area contributed by atoms with Crippen LogP contribution in [0.3, 0.4) is 0 Å². The summed E-state index contributed by atoms with van der Waals surface area (Å²) < 4.78 is 16.3. The number of carbonyl (C=O) groups excluding carboxylic acids is 2. The summed E-state index contributed by atoms with van der Waals surface area (Å²) in [6.45, 7) is 9.29. The van der Waals surface area contributed by atoms with Gasteiger partial charge in [-0.15, -0.1) is 0 Å². The van der Waals surface area contributed by atoms with Gasteiger partial charge in [-0.2, -0.15) is 0 Å². The van der Waals surface area contributed by atoms with Crippen molar-refractivity contribution in [3.63, 3.8) is 0 Å². The molecule has 0 spiro atoms. The minimum Gasteiger partial charge on any atom is -0.493 e. The van der Waals surface area contributed by atoms with Crippen molar-refractivity contribution in [2.45, 2.75) is 53.2 Å². The van der Waals surface area contributed by atoms with E-state index in [1.165, 1.54) is 19.2 Å². The second kappa shape index (κ2) is 10.1. The molecule has 2 rings (SSSR count).